The molecule has 6 rings (SSSR count). The average Bonchev–Trinajstić information content (AvgIpc) is 3.26. The second-order valence-electron chi connectivity index (χ2n) is 9.48. The molecule has 3 fully saturated rings. The van der Waals surface area contributed by atoms with Crippen molar-refractivity contribution in [1.29, 1.82) is 0 Å². The topological polar surface area (TPSA) is 141 Å². The summed E-state index contributed by atoms with van der Waals surface area (Å²) in [5.74, 6) is -0.0160. The van der Waals surface area contributed by atoms with E-state index in [1.165, 1.54) is 23.5 Å². The van der Waals surface area contributed by atoms with Gasteiger partial charge in [-0.25, -0.2) is 18.4 Å². The van der Waals surface area contributed by atoms with Gasteiger partial charge in [-0.3, -0.25) is 10.1 Å². The number of sulfone groups is 1. The van der Waals surface area contributed by atoms with Gasteiger partial charge >= 0.3 is 0 Å². The zero-order valence-electron chi connectivity index (χ0n) is 20.5. The number of ether oxygens (including phenoxy) is 2. The minimum atomic E-state index is -3.35. The molecule has 2 aromatic heterocycles. The summed E-state index contributed by atoms with van der Waals surface area (Å²) in [6, 6.07) is 9.74. The van der Waals surface area contributed by atoms with Crippen LogP contribution in [0.5, 0.6) is 5.88 Å². The normalized spacial score (nSPS) is 22.1. The van der Waals surface area contributed by atoms with Gasteiger partial charge in [0.25, 0.3) is 5.91 Å². The maximum atomic E-state index is 13.3. The van der Waals surface area contributed by atoms with Crippen LogP contribution in [0.1, 0.15) is 31.2 Å². The highest BCUT2D eigenvalue weighted by atomic mass is 32.2. The molecule has 2 atom stereocenters. The fourth-order valence-corrected chi connectivity index (χ4v) is 6.78. The summed E-state index contributed by atoms with van der Waals surface area (Å²) in [6.45, 7) is 2.66. The number of hydrogen-bond acceptors (Lipinski definition) is 11. The molecule has 38 heavy (non-hydrogen) atoms. The molecular weight excluding hydrogens is 530 g/mol. The highest BCUT2D eigenvalue weighted by Gasteiger charge is 2.37. The van der Waals surface area contributed by atoms with E-state index >= 15 is 0 Å². The summed E-state index contributed by atoms with van der Waals surface area (Å²) in [4.78, 5) is 28.8. The molecule has 0 unspecified atom stereocenters. The number of aromatic nitrogens is 2. The first-order valence-corrected chi connectivity index (χ1v) is 14.9. The number of carbonyl (C=O) groups excluding carboxylic acids is 1. The van der Waals surface area contributed by atoms with Gasteiger partial charge in [0, 0.05) is 24.6 Å². The van der Waals surface area contributed by atoms with Gasteiger partial charge in [-0.1, -0.05) is 28.6 Å². The molecule has 0 spiro atoms. The van der Waals surface area contributed by atoms with Gasteiger partial charge in [0.15, 0.2) is 26.8 Å². The standard InChI is InChI=1S/C25H27N5O6S2/c31-23(29-25-27-20-7-8-21(28-24(20)37-25)35-16-9-11-26-13-16)22(30-36-17-10-12-34-14-17)15-1-3-18(4-2-15)38(32,33)19-5-6-19/h1-4,7-8,16-17,19,26H,5-6,9-14H2,(H,27,29,31)/b30-22+/t16-,17+/m0/s1. The highest BCUT2D eigenvalue weighted by Crippen LogP contribution is 2.33. The average molecular weight is 558 g/mol. The molecule has 2 saturated heterocycles. The number of anilines is 1. The van der Waals surface area contributed by atoms with Crippen molar-refractivity contribution in [2.24, 2.45) is 5.16 Å². The van der Waals surface area contributed by atoms with Gasteiger partial charge in [-0.2, -0.15) is 0 Å². The summed E-state index contributed by atoms with van der Waals surface area (Å²) < 4.78 is 36.4. The third-order valence-electron chi connectivity index (χ3n) is 6.57. The molecule has 4 heterocycles. The number of nitrogens with zero attached hydrogens (tertiary/aromatic N) is 3. The molecule has 0 bridgehead atoms. The molecule has 2 aliphatic heterocycles. The SMILES string of the molecule is O=C(Nc1nc2ccc(O[C@H]3CCNC3)nc2s1)/C(=N/O[C@@H]1CCOC1)c1ccc(S(=O)(=O)C2CC2)cc1. The monoisotopic (exact) mass is 557 g/mol. The summed E-state index contributed by atoms with van der Waals surface area (Å²) >= 11 is 1.22. The first kappa shape index (κ1) is 25.2. The minimum Gasteiger partial charge on any atom is -0.473 e. The predicted octanol–water partition coefficient (Wildman–Crippen LogP) is 2.52. The van der Waals surface area contributed by atoms with Crippen LogP contribution in [0.4, 0.5) is 5.13 Å². The van der Waals surface area contributed by atoms with Crippen molar-refractivity contribution in [3.05, 3.63) is 42.0 Å². The largest absolute Gasteiger partial charge is 0.473 e. The predicted molar refractivity (Wildman–Crippen MR) is 141 cm³/mol. The Kier molecular flexibility index (Phi) is 6.99. The summed E-state index contributed by atoms with van der Waals surface area (Å²) in [5.41, 5.74) is 1.07. The van der Waals surface area contributed by atoms with Crippen LogP contribution in [-0.4, -0.2) is 73.8 Å². The summed E-state index contributed by atoms with van der Waals surface area (Å²) in [5, 5.41) is 10.2. The number of amides is 1. The quantitative estimate of drug-likeness (QED) is 0.300. The van der Waals surface area contributed by atoms with Crippen LogP contribution in [0.15, 0.2) is 46.4 Å². The Morgan fingerprint density at radius 1 is 1.08 bits per heavy atom. The Hall–Kier alpha value is -3.13. The molecule has 11 nitrogen and oxygen atoms in total. The van der Waals surface area contributed by atoms with Gasteiger partial charge in [-0.15, -0.1) is 0 Å². The molecule has 13 heteroatoms. The lowest BCUT2D eigenvalue weighted by atomic mass is 10.1. The third-order valence-corrected chi connectivity index (χ3v) is 9.73. The van der Waals surface area contributed by atoms with E-state index in [-0.39, 0.29) is 28.1 Å². The fraction of sp³-hybridized carbons (Fsp3) is 0.440. The Morgan fingerprint density at radius 3 is 2.63 bits per heavy atom. The lowest BCUT2D eigenvalue weighted by molar-refractivity contribution is -0.110. The Balaban J connectivity index is 1.22. The molecule has 0 radical (unpaired) electrons. The minimum absolute atomic E-state index is 0.0113. The number of fused-ring (bicyclic) bond motifs is 1. The van der Waals surface area contributed by atoms with Gasteiger partial charge in [-0.05, 0) is 44.0 Å². The van der Waals surface area contributed by atoms with Crippen LogP contribution in [0.3, 0.4) is 0 Å². The first-order valence-electron chi connectivity index (χ1n) is 12.6. The number of oxime groups is 1. The van der Waals surface area contributed by atoms with Crippen molar-refractivity contribution < 1.29 is 27.5 Å². The van der Waals surface area contributed by atoms with E-state index in [9.17, 15) is 13.2 Å². The second kappa shape index (κ2) is 10.6. The van der Waals surface area contributed by atoms with E-state index in [4.69, 9.17) is 14.3 Å². The smallest absolute Gasteiger partial charge is 0.280 e. The molecule has 1 saturated carbocycles. The van der Waals surface area contributed by atoms with E-state index in [1.807, 2.05) is 6.07 Å². The Labute approximate surface area is 223 Å². The number of thiazole rings is 1. The van der Waals surface area contributed by atoms with Crippen LogP contribution in [0.25, 0.3) is 10.3 Å². The molecule has 1 aliphatic carbocycles. The van der Waals surface area contributed by atoms with E-state index in [2.05, 4.69) is 25.8 Å². The number of nitrogens with one attached hydrogen (secondary N) is 2. The Bertz CT molecular complexity index is 1460. The number of pyridine rings is 1. The van der Waals surface area contributed by atoms with Crippen molar-refractivity contribution >= 4 is 48.3 Å². The van der Waals surface area contributed by atoms with E-state index in [0.717, 1.165) is 19.5 Å². The van der Waals surface area contributed by atoms with Crippen LogP contribution >= 0.6 is 11.3 Å². The molecule has 1 amide bonds. The maximum Gasteiger partial charge on any atom is 0.280 e. The van der Waals surface area contributed by atoms with Crippen molar-refractivity contribution in [2.75, 3.05) is 31.6 Å². The Morgan fingerprint density at radius 2 is 1.92 bits per heavy atom. The molecular formula is C25H27N5O6S2. The molecule has 3 aromatic rings. The van der Waals surface area contributed by atoms with Crippen molar-refractivity contribution in [1.82, 2.24) is 15.3 Å². The van der Waals surface area contributed by atoms with Crippen LogP contribution in [0, 0.1) is 0 Å². The van der Waals surface area contributed by atoms with Gasteiger partial charge in [0.2, 0.25) is 5.88 Å². The molecule has 3 aliphatic rings. The highest BCUT2D eigenvalue weighted by molar-refractivity contribution is 7.92. The van der Waals surface area contributed by atoms with Gasteiger partial charge in [0.05, 0.1) is 23.4 Å². The molecule has 1 aromatic carbocycles. The van der Waals surface area contributed by atoms with Crippen molar-refractivity contribution in [2.45, 2.75) is 48.0 Å². The lowest BCUT2D eigenvalue weighted by Gasteiger charge is -2.10. The molecule has 2 N–H and O–H groups in total. The number of benzene rings is 1. The van der Waals surface area contributed by atoms with E-state index in [1.54, 1.807) is 18.2 Å². The zero-order valence-corrected chi connectivity index (χ0v) is 22.1. The number of carbonyl (C=O) groups is 1. The lowest BCUT2D eigenvalue weighted by Crippen LogP contribution is -2.25. The van der Waals surface area contributed by atoms with Gasteiger partial charge in [0.1, 0.15) is 16.5 Å². The van der Waals surface area contributed by atoms with Crippen LogP contribution in [-0.2, 0) is 24.2 Å². The van der Waals surface area contributed by atoms with Gasteiger partial charge < -0.3 is 19.6 Å². The van der Waals surface area contributed by atoms with Crippen LogP contribution < -0.4 is 15.4 Å². The fourth-order valence-electron chi connectivity index (χ4n) is 4.30. The number of rotatable bonds is 9. The summed E-state index contributed by atoms with van der Waals surface area (Å²) in [6.07, 6.45) is 2.78. The second-order valence-corrected chi connectivity index (χ2v) is 12.7. The summed E-state index contributed by atoms with van der Waals surface area (Å²) in [7, 11) is -3.35. The van der Waals surface area contributed by atoms with Crippen molar-refractivity contribution in [3.8, 4) is 5.88 Å². The third kappa shape index (κ3) is 5.51. The van der Waals surface area contributed by atoms with E-state index in [0.29, 0.717) is 59.4 Å². The van der Waals surface area contributed by atoms with Crippen molar-refractivity contribution in [3.63, 3.8) is 0 Å². The molecule has 200 valence electrons. The number of hydrogen-bond donors (Lipinski definition) is 2. The van der Waals surface area contributed by atoms with Crippen LogP contribution in [0.2, 0.25) is 0 Å². The zero-order chi connectivity index (χ0) is 26.1. The maximum absolute atomic E-state index is 13.3. The first-order chi connectivity index (χ1) is 18.5. The van der Waals surface area contributed by atoms with E-state index < -0.39 is 15.7 Å².